The van der Waals surface area contributed by atoms with Gasteiger partial charge in [-0.1, -0.05) is 0 Å². The van der Waals surface area contributed by atoms with E-state index < -0.39 is 0 Å². The molecule has 0 unspecified atom stereocenters. The Kier molecular flexibility index (Phi) is 4.25. The van der Waals surface area contributed by atoms with Crippen LogP contribution in [0, 0.1) is 23.7 Å². The number of ether oxygens (including phenoxy) is 3. The number of carbonyl (C=O) groups is 1. The molecule has 4 aliphatic carbocycles. The van der Waals surface area contributed by atoms with Crippen molar-refractivity contribution >= 4 is 12.0 Å². The molecule has 4 fully saturated rings. The van der Waals surface area contributed by atoms with Crippen LogP contribution in [0.1, 0.15) is 37.7 Å². The van der Waals surface area contributed by atoms with E-state index in [0.717, 1.165) is 17.4 Å². The zero-order valence-corrected chi connectivity index (χ0v) is 15.8. The normalized spacial score (nSPS) is 33.3. The number of fused-ring (bicyclic) bond motifs is 1. The summed E-state index contributed by atoms with van der Waals surface area (Å²) in [6.07, 6.45) is 10.1. The van der Waals surface area contributed by atoms with Crippen LogP contribution in [0.2, 0.25) is 0 Å². The van der Waals surface area contributed by atoms with Gasteiger partial charge < -0.3 is 19.5 Å². The van der Waals surface area contributed by atoms with Crippen LogP contribution in [0.25, 0.3) is 6.08 Å². The first-order valence-electron chi connectivity index (χ1n) is 10.2. The number of amides is 1. The average molecular weight is 369 g/mol. The van der Waals surface area contributed by atoms with Crippen LogP contribution < -0.4 is 19.5 Å². The van der Waals surface area contributed by atoms with Gasteiger partial charge in [0.05, 0.1) is 7.11 Å². The number of carbonyl (C=O) groups excluding carboxylic acids is 1. The van der Waals surface area contributed by atoms with Gasteiger partial charge in [0.2, 0.25) is 11.7 Å². The monoisotopic (exact) mass is 369 g/mol. The fourth-order valence-corrected chi connectivity index (χ4v) is 5.93. The Morgan fingerprint density at radius 3 is 2.48 bits per heavy atom. The summed E-state index contributed by atoms with van der Waals surface area (Å²) in [5.41, 5.74) is 0.872. The summed E-state index contributed by atoms with van der Waals surface area (Å²) in [5.74, 6) is 5.15. The molecule has 0 aromatic heterocycles. The maximum absolute atomic E-state index is 12.6. The summed E-state index contributed by atoms with van der Waals surface area (Å²) in [6, 6.07) is 4.13. The lowest BCUT2D eigenvalue weighted by molar-refractivity contribution is -0.120. The number of benzene rings is 1. The molecule has 4 bridgehead atoms. The standard InChI is InChI=1S/C22H27NO4/c1-25-18-11-13(12-19-22(18)27-5-4-26-19)2-3-20(24)23-21-16-7-14-6-15(9-16)10-17(21)8-14/h2-3,11-12,14-17,21H,4-10H2,1H3,(H,23,24)/b3-2+. The smallest absolute Gasteiger partial charge is 0.244 e. The summed E-state index contributed by atoms with van der Waals surface area (Å²) in [5, 5.41) is 3.31. The highest BCUT2D eigenvalue weighted by Gasteiger charge is 2.48. The Balaban J connectivity index is 1.28. The molecule has 6 rings (SSSR count). The lowest BCUT2D eigenvalue weighted by atomic mass is 9.54. The van der Waals surface area contributed by atoms with E-state index in [1.54, 1.807) is 13.2 Å². The highest BCUT2D eigenvalue weighted by Crippen LogP contribution is 2.53. The van der Waals surface area contributed by atoms with Gasteiger partial charge in [-0.05, 0) is 79.5 Å². The van der Waals surface area contributed by atoms with E-state index in [9.17, 15) is 4.79 Å². The highest BCUT2D eigenvalue weighted by atomic mass is 16.6. The van der Waals surface area contributed by atoms with Crippen molar-refractivity contribution in [1.29, 1.82) is 0 Å². The molecule has 0 saturated heterocycles. The summed E-state index contributed by atoms with van der Waals surface area (Å²) < 4.78 is 16.7. The van der Waals surface area contributed by atoms with E-state index in [2.05, 4.69) is 5.32 Å². The molecule has 1 aromatic carbocycles. The molecule has 0 radical (unpaired) electrons. The third kappa shape index (κ3) is 3.17. The maximum atomic E-state index is 12.6. The second-order valence-corrected chi connectivity index (χ2v) is 8.55. The zero-order chi connectivity index (χ0) is 18.4. The predicted octanol–water partition coefficient (Wildman–Crippen LogP) is 3.42. The summed E-state index contributed by atoms with van der Waals surface area (Å²) in [4.78, 5) is 12.6. The van der Waals surface area contributed by atoms with Gasteiger partial charge in [-0.25, -0.2) is 0 Å². The Bertz CT molecular complexity index is 727. The van der Waals surface area contributed by atoms with Crippen LogP contribution in [-0.4, -0.2) is 32.3 Å². The predicted molar refractivity (Wildman–Crippen MR) is 102 cm³/mol. The molecule has 27 heavy (non-hydrogen) atoms. The Morgan fingerprint density at radius 1 is 1.07 bits per heavy atom. The molecule has 5 nitrogen and oxygen atoms in total. The van der Waals surface area contributed by atoms with Crippen molar-refractivity contribution in [3.8, 4) is 17.2 Å². The second-order valence-electron chi connectivity index (χ2n) is 8.55. The summed E-state index contributed by atoms with van der Waals surface area (Å²) in [7, 11) is 1.61. The zero-order valence-electron chi connectivity index (χ0n) is 15.8. The lowest BCUT2D eigenvalue weighted by Gasteiger charge is -2.54. The molecule has 4 saturated carbocycles. The Hall–Kier alpha value is -2.17. The number of hydrogen-bond acceptors (Lipinski definition) is 4. The minimum absolute atomic E-state index is 0.00123. The first-order valence-corrected chi connectivity index (χ1v) is 10.2. The van der Waals surface area contributed by atoms with Gasteiger partial charge in [0, 0.05) is 12.1 Å². The van der Waals surface area contributed by atoms with Gasteiger partial charge in [0.15, 0.2) is 11.5 Å². The molecule has 1 aliphatic heterocycles. The third-order valence-electron chi connectivity index (χ3n) is 6.81. The van der Waals surface area contributed by atoms with Crippen molar-refractivity contribution in [3.05, 3.63) is 23.8 Å². The van der Waals surface area contributed by atoms with Crippen molar-refractivity contribution in [2.45, 2.75) is 38.1 Å². The highest BCUT2D eigenvalue weighted by molar-refractivity contribution is 5.92. The van der Waals surface area contributed by atoms with Crippen LogP contribution in [0.4, 0.5) is 0 Å². The van der Waals surface area contributed by atoms with E-state index in [1.807, 2.05) is 18.2 Å². The molecule has 0 atom stereocenters. The van der Waals surface area contributed by atoms with Crippen LogP contribution in [0.15, 0.2) is 18.2 Å². The van der Waals surface area contributed by atoms with Crippen molar-refractivity contribution in [2.75, 3.05) is 20.3 Å². The summed E-state index contributed by atoms with van der Waals surface area (Å²) >= 11 is 0. The first kappa shape index (κ1) is 17.0. The quantitative estimate of drug-likeness (QED) is 0.827. The van der Waals surface area contributed by atoms with Crippen LogP contribution in [-0.2, 0) is 4.79 Å². The van der Waals surface area contributed by atoms with Gasteiger partial charge in [-0.15, -0.1) is 0 Å². The fourth-order valence-electron chi connectivity index (χ4n) is 5.93. The van der Waals surface area contributed by atoms with Crippen LogP contribution >= 0.6 is 0 Å². The largest absolute Gasteiger partial charge is 0.493 e. The van der Waals surface area contributed by atoms with E-state index in [-0.39, 0.29) is 5.91 Å². The van der Waals surface area contributed by atoms with Crippen molar-refractivity contribution < 1.29 is 19.0 Å². The van der Waals surface area contributed by atoms with Gasteiger partial charge in [-0.2, -0.15) is 0 Å². The minimum atomic E-state index is 0.00123. The SMILES string of the molecule is COc1cc(/C=C/C(=O)NC2C3CC4CC(C3)CC2C4)cc2c1OCCO2. The van der Waals surface area contributed by atoms with Crippen LogP contribution in [0.5, 0.6) is 17.2 Å². The van der Waals surface area contributed by atoms with E-state index in [4.69, 9.17) is 14.2 Å². The summed E-state index contributed by atoms with van der Waals surface area (Å²) in [6.45, 7) is 1.04. The number of hydrogen-bond donors (Lipinski definition) is 1. The molecule has 1 heterocycles. The van der Waals surface area contributed by atoms with E-state index >= 15 is 0 Å². The van der Waals surface area contributed by atoms with Crippen LogP contribution in [0.3, 0.4) is 0 Å². The number of nitrogens with one attached hydrogen (secondary N) is 1. The first-order chi connectivity index (χ1) is 13.2. The van der Waals surface area contributed by atoms with E-state index in [0.29, 0.717) is 48.3 Å². The minimum Gasteiger partial charge on any atom is -0.493 e. The van der Waals surface area contributed by atoms with Gasteiger partial charge in [-0.3, -0.25) is 4.79 Å². The molecular weight excluding hydrogens is 342 g/mol. The topological polar surface area (TPSA) is 56.8 Å². The molecule has 144 valence electrons. The average Bonchev–Trinajstić information content (AvgIpc) is 2.68. The van der Waals surface area contributed by atoms with Gasteiger partial charge in [0.25, 0.3) is 0 Å². The second kappa shape index (κ2) is 6.77. The molecule has 1 aromatic rings. The Labute approximate surface area is 160 Å². The third-order valence-corrected chi connectivity index (χ3v) is 6.81. The van der Waals surface area contributed by atoms with Crippen molar-refractivity contribution in [3.63, 3.8) is 0 Å². The number of rotatable bonds is 4. The molecule has 5 heteroatoms. The molecule has 0 spiro atoms. The molecule has 5 aliphatic rings. The fraction of sp³-hybridized carbons (Fsp3) is 0.591. The van der Waals surface area contributed by atoms with Crippen molar-refractivity contribution in [1.82, 2.24) is 5.32 Å². The molecule has 1 amide bonds. The van der Waals surface area contributed by atoms with E-state index in [1.165, 1.54) is 32.1 Å². The molecular formula is C22H27NO4. The lowest BCUT2D eigenvalue weighted by Crippen LogP contribution is -2.55. The van der Waals surface area contributed by atoms with Gasteiger partial charge >= 0.3 is 0 Å². The Morgan fingerprint density at radius 2 is 1.78 bits per heavy atom. The number of methoxy groups -OCH3 is 1. The van der Waals surface area contributed by atoms with Gasteiger partial charge in [0.1, 0.15) is 13.2 Å². The van der Waals surface area contributed by atoms with Crippen molar-refractivity contribution in [2.24, 2.45) is 23.7 Å². The molecule has 1 N–H and O–H groups in total. The maximum Gasteiger partial charge on any atom is 0.244 e.